The number of alkyl halides is 3. The molecule has 1 N–H and O–H groups in total. The van der Waals surface area contributed by atoms with Crippen LogP contribution in [0, 0.1) is 6.92 Å². The van der Waals surface area contributed by atoms with E-state index in [0.29, 0.717) is 48.0 Å². The molecule has 6 nitrogen and oxygen atoms in total. The van der Waals surface area contributed by atoms with E-state index in [9.17, 15) is 18.0 Å². The fourth-order valence-electron chi connectivity index (χ4n) is 3.27. The van der Waals surface area contributed by atoms with E-state index in [1.807, 2.05) is 6.92 Å². The zero-order valence-corrected chi connectivity index (χ0v) is 16.0. The highest BCUT2D eigenvalue weighted by molar-refractivity contribution is 5.98. The summed E-state index contributed by atoms with van der Waals surface area (Å²) in [5.74, 6) is 0.648. The number of nitrogens with one attached hydrogen (secondary N) is 1. The fourth-order valence-corrected chi connectivity index (χ4v) is 3.27. The second kappa shape index (κ2) is 7.74. The third-order valence-electron chi connectivity index (χ3n) is 4.63. The molecule has 0 spiro atoms. The third-order valence-corrected chi connectivity index (χ3v) is 4.63. The monoisotopic (exact) mass is 417 g/mol. The Bertz CT molecular complexity index is 1060. The topological polar surface area (TPSA) is 67.5 Å². The number of aryl methyl sites for hydroxylation is 1. The first-order valence-electron chi connectivity index (χ1n) is 9.21. The quantitative estimate of drug-likeness (QED) is 0.687. The van der Waals surface area contributed by atoms with Gasteiger partial charge in [0.05, 0.1) is 18.7 Å². The smallest absolute Gasteiger partial charge is 0.491 e. The summed E-state index contributed by atoms with van der Waals surface area (Å²) in [7, 11) is 0. The molecule has 0 saturated carbocycles. The maximum Gasteiger partial charge on any atom is 0.573 e. The minimum Gasteiger partial charge on any atom is -0.491 e. The Morgan fingerprint density at radius 2 is 1.90 bits per heavy atom. The first-order valence-corrected chi connectivity index (χ1v) is 9.21. The summed E-state index contributed by atoms with van der Waals surface area (Å²) in [6, 6.07) is 10.6. The second-order valence-electron chi connectivity index (χ2n) is 6.87. The molecule has 9 heteroatoms. The third kappa shape index (κ3) is 4.40. The van der Waals surface area contributed by atoms with E-state index in [4.69, 9.17) is 4.74 Å². The van der Waals surface area contributed by atoms with Crippen LogP contribution in [0.3, 0.4) is 0 Å². The zero-order valence-electron chi connectivity index (χ0n) is 16.0. The number of hydrogen-bond acceptors (Lipinski definition) is 4. The lowest BCUT2D eigenvalue weighted by molar-refractivity contribution is -0.274. The van der Waals surface area contributed by atoms with E-state index in [1.165, 1.54) is 24.3 Å². The Morgan fingerprint density at radius 1 is 1.17 bits per heavy atom. The van der Waals surface area contributed by atoms with Gasteiger partial charge in [0.15, 0.2) is 0 Å². The summed E-state index contributed by atoms with van der Waals surface area (Å²) in [6.45, 7) is 2.97. The Balaban J connectivity index is 1.59. The van der Waals surface area contributed by atoms with Crippen LogP contribution >= 0.6 is 0 Å². The molecular weight excluding hydrogens is 399 g/mol. The number of halogens is 3. The number of aromatic nitrogens is 2. The van der Waals surface area contributed by atoms with Gasteiger partial charge in [0.2, 0.25) is 0 Å². The van der Waals surface area contributed by atoms with Gasteiger partial charge < -0.3 is 19.4 Å². The van der Waals surface area contributed by atoms with Crippen LogP contribution in [-0.2, 0) is 6.54 Å². The van der Waals surface area contributed by atoms with Crippen molar-refractivity contribution in [3.8, 4) is 22.6 Å². The van der Waals surface area contributed by atoms with Gasteiger partial charge in [-0.2, -0.15) is 0 Å². The standard InChI is InChI=1S/C21H18F3N3O3/c1-13-11-25-19(26-13)12-27-8-9-29-18-7-4-15(10-17(18)20(27)28)14-2-5-16(6-3-14)30-21(22,23)24/h2-7,10-11H,8-9,12H2,1H3,(H,25,26). The molecule has 0 atom stereocenters. The van der Waals surface area contributed by atoms with E-state index in [2.05, 4.69) is 14.7 Å². The number of hydrogen-bond donors (Lipinski definition) is 1. The van der Waals surface area contributed by atoms with Crippen molar-refractivity contribution in [3.63, 3.8) is 0 Å². The van der Waals surface area contributed by atoms with E-state index in [-0.39, 0.29) is 11.7 Å². The number of rotatable bonds is 4. The molecule has 1 amide bonds. The number of fused-ring (bicyclic) bond motifs is 1. The lowest BCUT2D eigenvalue weighted by Crippen LogP contribution is -2.32. The lowest BCUT2D eigenvalue weighted by atomic mass is 10.0. The Morgan fingerprint density at radius 3 is 2.57 bits per heavy atom. The lowest BCUT2D eigenvalue weighted by Gasteiger charge is -2.18. The normalized spacial score (nSPS) is 14.1. The number of imidazole rings is 1. The molecule has 1 aromatic heterocycles. The Hall–Kier alpha value is -3.49. The molecule has 4 rings (SSSR count). The highest BCUT2D eigenvalue weighted by Crippen LogP contribution is 2.31. The number of aromatic amines is 1. The average Bonchev–Trinajstić information content (AvgIpc) is 3.04. The van der Waals surface area contributed by atoms with Crippen molar-refractivity contribution < 1.29 is 27.4 Å². The Labute approximate surface area is 170 Å². The van der Waals surface area contributed by atoms with Crippen LogP contribution in [0.5, 0.6) is 11.5 Å². The molecule has 2 heterocycles. The van der Waals surface area contributed by atoms with Crippen molar-refractivity contribution >= 4 is 5.91 Å². The SMILES string of the molecule is Cc1cnc(CN2CCOc3ccc(-c4ccc(OC(F)(F)F)cc4)cc3C2=O)[nH]1. The van der Waals surface area contributed by atoms with Crippen molar-refractivity contribution in [1.29, 1.82) is 0 Å². The average molecular weight is 417 g/mol. The van der Waals surface area contributed by atoms with Gasteiger partial charge >= 0.3 is 6.36 Å². The van der Waals surface area contributed by atoms with Gasteiger partial charge in [-0.25, -0.2) is 4.98 Å². The number of H-pyrrole nitrogens is 1. The van der Waals surface area contributed by atoms with Crippen molar-refractivity contribution in [2.45, 2.75) is 19.8 Å². The Kier molecular flexibility index (Phi) is 5.11. The van der Waals surface area contributed by atoms with Crippen molar-refractivity contribution in [3.05, 3.63) is 65.7 Å². The van der Waals surface area contributed by atoms with Crippen molar-refractivity contribution in [2.24, 2.45) is 0 Å². The molecule has 0 aliphatic carbocycles. The maximum atomic E-state index is 13.1. The summed E-state index contributed by atoms with van der Waals surface area (Å²) in [6.07, 6.45) is -3.04. The van der Waals surface area contributed by atoms with E-state index in [0.717, 1.165) is 5.69 Å². The van der Waals surface area contributed by atoms with Crippen molar-refractivity contribution in [1.82, 2.24) is 14.9 Å². The van der Waals surface area contributed by atoms with Crippen molar-refractivity contribution in [2.75, 3.05) is 13.2 Å². The molecule has 0 radical (unpaired) electrons. The number of carbonyl (C=O) groups excluding carboxylic acids is 1. The van der Waals surface area contributed by atoms with Gasteiger partial charge in [-0.1, -0.05) is 18.2 Å². The van der Waals surface area contributed by atoms with Crippen LogP contribution in [-0.4, -0.2) is 40.3 Å². The maximum absolute atomic E-state index is 13.1. The molecular formula is C21H18F3N3O3. The predicted octanol–water partition coefficient (Wildman–Crippen LogP) is 4.32. The van der Waals surface area contributed by atoms with Gasteiger partial charge in [0.1, 0.15) is 23.9 Å². The van der Waals surface area contributed by atoms with E-state index in [1.54, 1.807) is 29.3 Å². The summed E-state index contributed by atoms with van der Waals surface area (Å²) < 4.78 is 46.7. The summed E-state index contributed by atoms with van der Waals surface area (Å²) >= 11 is 0. The molecule has 2 aromatic carbocycles. The van der Waals surface area contributed by atoms with E-state index < -0.39 is 6.36 Å². The molecule has 3 aromatic rings. The van der Waals surface area contributed by atoms with Crippen LogP contribution in [0.1, 0.15) is 21.9 Å². The van der Waals surface area contributed by atoms with Gasteiger partial charge in [0.25, 0.3) is 5.91 Å². The molecule has 156 valence electrons. The number of ether oxygens (including phenoxy) is 2. The van der Waals surface area contributed by atoms with Gasteiger partial charge in [-0.05, 0) is 42.3 Å². The van der Waals surface area contributed by atoms with E-state index >= 15 is 0 Å². The van der Waals surface area contributed by atoms with Crippen LogP contribution in [0.4, 0.5) is 13.2 Å². The minimum atomic E-state index is -4.74. The summed E-state index contributed by atoms with van der Waals surface area (Å²) in [4.78, 5) is 22.1. The van der Waals surface area contributed by atoms with Crippen LogP contribution in [0.25, 0.3) is 11.1 Å². The molecule has 30 heavy (non-hydrogen) atoms. The van der Waals surface area contributed by atoms with Gasteiger partial charge in [-0.3, -0.25) is 4.79 Å². The summed E-state index contributed by atoms with van der Waals surface area (Å²) in [5, 5.41) is 0. The molecule has 1 aliphatic rings. The molecule has 0 saturated heterocycles. The number of carbonyl (C=O) groups is 1. The largest absolute Gasteiger partial charge is 0.573 e. The number of amides is 1. The molecule has 1 aliphatic heterocycles. The fraction of sp³-hybridized carbons (Fsp3) is 0.238. The van der Waals surface area contributed by atoms with Crippen LogP contribution in [0.15, 0.2) is 48.7 Å². The highest BCUT2D eigenvalue weighted by Gasteiger charge is 2.31. The zero-order chi connectivity index (χ0) is 21.3. The van der Waals surface area contributed by atoms with Gasteiger partial charge in [-0.15, -0.1) is 13.2 Å². The van der Waals surface area contributed by atoms with Gasteiger partial charge in [0, 0.05) is 11.9 Å². The van der Waals surface area contributed by atoms with Crippen LogP contribution in [0.2, 0.25) is 0 Å². The molecule has 0 bridgehead atoms. The van der Waals surface area contributed by atoms with Crippen LogP contribution < -0.4 is 9.47 Å². The second-order valence-corrected chi connectivity index (χ2v) is 6.87. The number of benzene rings is 2. The minimum absolute atomic E-state index is 0.199. The first kappa shape index (κ1) is 19.8. The highest BCUT2D eigenvalue weighted by atomic mass is 19.4. The summed E-state index contributed by atoms with van der Waals surface area (Å²) in [5.41, 5.74) is 2.63. The number of nitrogens with zero attached hydrogens (tertiary/aromatic N) is 2. The predicted molar refractivity (Wildman–Crippen MR) is 102 cm³/mol. The molecule has 0 fully saturated rings. The molecule has 0 unspecified atom stereocenters. The first-order chi connectivity index (χ1) is 14.3.